The van der Waals surface area contributed by atoms with Crippen LogP contribution in [0.1, 0.15) is 41.3 Å². The lowest BCUT2D eigenvalue weighted by Gasteiger charge is -2.12. The summed E-state index contributed by atoms with van der Waals surface area (Å²) in [5.41, 5.74) is 3.58. The van der Waals surface area contributed by atoms with E-state index in [0.717, 1.165) is 29.5 Å². The Bertz CT molecular complexity index is 1190. The van der Waals surface area contributed by atoms with Crippen molar-refractivity contribution in [2.45, 2.75) is 32.6 Å². The number of carbonyl (C=O) groups excluding carboxylic acids is 1. The highest BCUT2D eigenvalue weighted by Gasteiger charge is 2.14. The zero-order chi connectivity index (χ0) is 25.2. The number of unbranched alkanes of at least 4 members (excludes halogenated alkanes) is 1. The van der Waals surface area contributed by atoms with Crippen LogP contribution in [-0.2, 0) is 17.6 Å². The lowest BCUT2D eigenvalue weighted by molar-refractivity contribution is -0.136. The molecule has 0 atom stereocenters. The summed E-state index contributed by atoms with van der Waals surface area (Å²) >= 11 is 6.08. The number of nitroso groups, excluding NO2 is 1. The summed E-state index contributed by atoms with van der Waals surface area (Å²) in [5.74, 6) is -0.746. The Kier molecular flexibility index (Phi) is 9.38. The standard InChI is InChI=1S/C27H27ClN2O5/c1-2-3-14-35-25-11-10-22(28)17-23(25)27(33)29-13-12-18-4-6-19(7-5-18)20-8-9-21(16-26(31)32)24(15-20)30-34/h4-11,15,17H,2-3,12-14,16H2,1H3,(H,29,33)(H,31,32). The first-order valence-electron chi connectivity index (χ1n) is 11.4. The molecule has 2 N–H and O–H groups in total. The molecule has 182 valence electrons. The molecule has 0 aromatic heterocycles. The quantitative estimate of drug-likeness (QED) is 0.231. The molecule has 0 saturated heterocycles. The van der Waals surface area contributed by atoms with Gasteiger partial charge < -0.3 is 15.2 Å². The molecule has 0 bridgehead atoms. The fourth-order valence-corrected chi connectivity index (χ4v) is 3.72. The molecule has 1 amide bonds. The van der Waals surface area contributed by atoms with Crippen LogP contribution in [0.25, 0.3) is 11.1 Å². The molecule has 0 heterocycles. The van der Waals surface area contributed by atoms with Gasteiger partial charge in [-0.15, -0.1) is 4.91 Å². The first-order chi connectivity index (χ1) is 16.9. The van der Waals surface area contributed by atoms with Crippen LogP contribution in [0.15, 0.2) is 65.8 Å². The van der Waals surface area contributed by atoms with Crippen molar-refractivity contribution < 1.29 is 19.4 Å². The number of benzene rings is 3. The van der Waals surface area contributed by atoms with Gasteiger partial charge in [-0.05, 0) is 64.5 Å². The van der Waals surface area contributed by atoms with Crippen molar-refractivity contribution in [3.63, 3.8) is 0 Å². The van der Waals surface area contributed by atoms with Gasteiger partial charge in [-0.1, -0.05) is 61.3 Å². The maximum atomic E-state index is 12.7. The lowest BCUT2D eigenvalue weighted by Crippen LogP contribution is -2.26. The fourth-order valence-electron chi connectivity index (χ4n) is 3.55. The average Bonchev–Trinajstić information content (AvgIpc) is 2.85. The van der Waals surface area contributed by atoms with E-state index in [1.807, 2.05) is 24.3 Å². The highest BCUT2D eigenvalue weighted by atomic mass is 35.5. The maximum absolute atomic E-state index is 12.7. The monoisotopic (exact) mass is 494 g/mol. The Morgan fingerprint density at radius 2 is 1.77 bits per heavy atom. The van der Waals surface area contributed by atoms with Crippen molar-refractivity contribution >= 4 is 29.2 Å². The fraction of sp³-hybridized carbons (Fsp3) is 0.259. The molecule has 7 nitrogen and oxygen atoms in total. The molecule has 3 aromatic rings. The number of amides is 1. The molecular weight excluding hydrogens is 468 g/mol. The van der Waals surface area contributed by atoms with Crippen molar-refractivity contribution in [2.24, 2.45) is 5.18 Å². The molecule has 0 aliphatic rings. The van der Waals surface area contributed by atoms with Gasteiger partial charge in [0.15, 0.2) is 0 Å². The Hall–Kier alpha value is -3.71. The van der Waals surface area contributed by atoms with Crippen molar-refractivity contribution in [3.8, 4) is 16.9 Å². The number of nitrogens with one attached hydrogen (secondary N) is 1. The number of carbonyl (C=O) groups is 2. The van der Waals surface area contributed by atoms with Crippen LogP contribution in [-0.4, -0.2) is 30.1 Å². The molecule has 35 heavy (non-hydrogen) atoms. The van der Waals surface area contributed by atoms with Crippen molar-refractivity contribution in [3.05, 3.63) is 87.3 Å². The molecule has 0 aliphatic heterocycles. The number of hydrogen-bond donors (Lipinski definition) is 2. The third-order valence-corrected chi connectivity index (χ3v) is 5.69. The van der Waals surface area contributed by atoms with Gasteiger partial charge in [-0.25, -0.2) is 0 Å². The minimum absolute atomic E-state index is 0.121. The van der Waals surface area contributed by atoms with Gasteiger partial charge in [-0.2, -0.15) is 0 Å². The number of nitrogens with zero attached hydrogens (tertiary/aromatic N) is 1. The average molecular weight is 495 g/mol. The number of aliphatic carboxylic acids is 1. The summed E-state index contributed by atoms with van der Waals surface area (Å²) in [5, 5.41) is 15.3. The largest absolute Gasteiger partial charge is 0.493 e. The molecule has 0 unspecified atom stereocenters. The van der Waals surface area contributed by atoms with Gasteiger partial charge >= 0.3 is 5.97 Å². The third-order valence-electron chi connectivity index (χ3n) is 5.45. The van der Waals surface area contributed by atoms with E-state index in [4.69, 9.17) is 21.4 Å². The van der Waals surface area contributed by atoms with Gasteiger partial charge in [0.05, 0.1) is 18.6 Å². The summed E-state index contributed by atoms with van der Waals surface area (Å²) in [6.45, 7) is 3.04. The van der Waals surface area contributed by atoms with Gasteiger partial charge in [-0.3, -0.25) is 9.59 Å². The predicted octanol–water partition coefficient (Wildman–Crippen LogP) is 6.18. The molecule has 3 rings (SSSR count). The molecular formula is C27H27ClN2O5. The van der Waals surface area contributed by atoms with Crippen molar-refractivity contribution in [2.75, 3.05) is 13.2 Å². The van der Waals surface area contributed by atoms with Crippen LogP contribution in [0.3, 0.4) is 0 Å². The number of carboxylic acid groups (broad SMARTS) is 1. The van der Waals surface area contributed by atoms with E-state index < -0.39 is 5.97 Å². The molecule has 0 aliphatic carbocycles. The van der Waals surface area contributed by atoms with E-state index in [2.05, 4.69) is 17.4 Å². The molecule has 0 fully saturated rings. The number of carboxylic acids is 1. The lowest BCUT2D eigenvalue weighted by atomic mass is 9.99. The minimum atomic E-state index is -1.02. The molecule has 0 saturated carbocycles. The van der Waals surface area contributed by atoms with Crippen LogP contribution in [0.2, 0.25) is 5.02 Å². The molecule has 0 radical (unpaired) electrons. The van der Waals surface area contributed by atoms with E-state index in [1.54, 1.807) is 36.4 Å². The topological polar surface area (TPSA) is 105 Å². The van der Waals surface area contributed by atoms with Gasteiger partial charge in [0.25, 0.3) is 5.91 Å². The number of ether oxygens (including phenoxy) is 1. The summed E-state index contributed by atoms with van der Waals surface area (Å²) in [6.07, 6.45) is 2.27. The Morgan fingerprint density at radius 1 is 1.03 bits per heavy atom. The van der Waals surface area contributed by atoms with Gasteiger partial charge in [0, 0.05) is 11.6 Å². The Balaban J connectivity index is 1.61. The SMILES string of the molecule is CCCCOc1ccc(Cl)cc1C(=O)NCCc1ccc(-c2ccc(CC(=O)O)c(N=O)c2)cc1. The zero-order valence-corrected chi connectivity index (χ0v) is 20.2. The second-order valence-corrected chi connectivity index (χ2v) is 8.49. The van der Waals surface area contributed by atoms with Crippen LogP contribution in [0.5, 0.6) is 5.75 Å². The third kappa shape index (κ3) is 7.39. The molecule has 0 spiro atoms. The zero-order valence-electron chi connectivity index (χ0n) is 19.4. The molecule has 8 heteroatoms. The summed E-state index contributed by atoms with van der Waals surface area (Å²) in [6, 6.07) is 17.7. The number of hydrogen-bond acceptors (Lipinski definition) is 5. The van der Waals surface area contributed by atoms with Gasteiger partial charge in [0.1, 0.15) is 11.4 Å². The van der Waals surface area contributed by atoms with Crippen molar-refractivity contribution in [1.82, 2.24) is 5.32 Å². The maximum Gasteiger partial charge on any atom is 0.307 e. The summed E-state index contributed by atoms with van der Waals surface area (Å²) < 4.78 is 5.74. The second kappa shape index (κ2) is 12.7. The normalized spacial score (nSPS) is 10.6. The van der Waals surface area contributed by atoms with Gasteiger partial charge in [0.2, 0.25) is 0 Å². The van der Waals surface area contributed by atoms with E-state index in [1.165, 1.54) is 0 Å². The van der Waals surface area contributed by atoms with Crippen LogP contribution in [0.4, 0.5) is 5.69 Å². The second-order valence-electron chi connectivity index (χ2n) is 8.05. The highest BCUT2D eigenvalue weighted by molar-refractivity contribution is 6.31. The summed E-state index contributed by atoms with van der Waals surface area (Å²) in [7, 11) is 0. The van der Waals surface area contributed by atoms with Crippen LogP contribution in [0, 0.1) is 4.91 Å². The Morgan fingerprint density at radius 3 is 2.46 bits per heavy atom. The van der Waals surface area contributed by atoms with E-state index >= 15 is 0 Å². The number of rotatable bonds is 12. The highest BCUT2D eigenvalue weighted by Crippen LogP contribution is 2.28. The first kappa shape index (κ1) is 25.9. The van der Waals surface area contributed by atoms with E-state index in [9.17, 15) is 14.5 Å². The van der Waals surface area contributed by atoms with E-state index in [0.29, 0.717) is 41.5 Å². The Labute approximate surface area is 209 Å². The first-order valence-corrected chi connectivity index (χ1v) is 11.8. The van der Waals surface area contributed by atoms with Crippen molar-refractivity contribution in [1.29, 1.82) is 0 Å². The van der Waals surface area contributed by atoms with Crippen LogP contribution >= 0.6 is 11.6 Å². The smallest absolute Gasteiger partial charge is 0.307 e. The molecule has 3 aromatic carbocycles. The van der Waals surface area contributed by atoms with Crippen LogP contribution < -0.4 is 10.1 Å². The number of halogens is 1. The minimum Gasteiger partial charge on any atom is -0.493 e. The predicted molar refractivity (Wildman–Crippen MR) is 137 cm³/mol. The van der Waals surface area contributed by atoms with E-state index in [-0.39, 0.29) is 18.0 Å². The summed E-state index contributed by atoms with van der Waals surface area (Å²) in [4.78, 5) is 34.8.